The van der Waals surface area contributed by atoms with Crippen molar-refractivity contribution in [3.05, 3.63) is 57.9 Å². The number of hydrogen-bond acceptors (Lipinski definition) is 5. The zero-order chi connectivity index (χ0) is 20.1. The first kappa shape index (κ1) is 20.1. The summed E-state index contributed by atoms with van der Waals surface area (Å²) in [4.78, 5) is 29.2. The van der Waals surface area contributed by atoms with Crippen molar-refractivity contribution >= 4 is 45.0 Å². The van der Waals surface area contributed by atoms with Crippen molar-refractivity contribution < 1.29 is 19.1 Å². The number of carbonyl (C=O) groups is 2. The Hall–Kier alpha value is -2.64. The first-order valence-corrected chi connectivity index (χ1v) is 9.89. The maximum atomic E-state index is 12.6. The van der Waals surface area contributed by atoms with Crippen LogP contribution in [0.5, 0.6) is 5.75 Å². The van der Waals surface area contributed by atoms with Crippen LogP contribution in [0.3, 0.4) is 0 Å². The highest BCUT2D eigenvalue weighted by molar-refractivity contribution is 7.16. The van der Waals surface area contributed by atoms with Gasteiger partial charge in [0, 0.05) is 17.1 Å². The quantitative estimate of drug-likeness (QED) is 0.566. The average molecular weight is 419 g/mol. The third kappa shape index (κ3) is 4.61. The number of thiazole rings is 1. The number of fused-ring (bicyclic) bond motifs is 1. The molecule has 1 aromatic heterocycles. The SMILES string of the molecule is CCOC(=O)CCn1c(=NC(=O)c2cccc(Cl)c2)sc2cc(OC)ccc21. The van der Waals surface area contributed by atoms with Crippen LogP contribution in [-0.2, 0) is 16.1 Å². The lowest BCUT2D eigenvalue weighted by molar-refractivity contribution is -0.143. The Morgan fingerprint density at radius 3 is 2.75 bits per heavy atom. The molecule has 0 saturated carbocycles. The fourth-order valence-electron chi connectivity index (χ4n) is 2.69. The van der Waals surface area contributed by atoms with Crippen LogP contribution in [0.2, 0.25) is 5.02 Å². The lowest BCUT2D eigenvalue weighted by Crippen LogP contribution is -2.19. The van der Waals surface area contributed by atoms with Gasteiger partial charge in [0.15, 0.2) is 4.80 Å². The summed E-state index contributed by atoms with van der Waals surface area (Å²) in [6.45, 7) is 2.45. The third-order valence-corrected chi connectivity index (χ3v) is 5.28. The van der Waals surface area contributed by atoms with Gasteiger partial charge in [0.2, 0.25) is 0 Å². The van der Waals surface area contributed by atoms with Crippen LogP contribution in [-0.4, -0.2) is 30.2 Å². The number of methoxy groups -OCH3 is 1. The molecule has 8 heteroatoms. The highest BCUT2D eigenvalue weighted by atomic mass is 35.5. The summed E-state index contributed by atoms with van der Waals surface area (Å²) in [6, 6.07) is 12.2. The van der Waals surface area contributed by atoms with Crippen LogP contribution in [0, 0.1) is 0 Å². The maximum Gasteiger partial charge on any atom is 0.307 e. The molecule has 0 N–H and O–H groups in total. The van der Waals surface area contributed by atoms with E-state index in [1.807, 2.05) is 22.8 Å². The molecule has 6 nitrogen and oxygen atoms in total. The maximum absolute atomic E-state index is 12.6. The fourth-order valence-corrected chi connectivity index (χ4v) is 3.96. The molecule has 0 bridgehead atoms. The second-order valence-electron chi connectivity index (χ2n) is 5.85. The number of aromatic nitrogens is 1. The van der Waals surface area contributed by atoms with E-state index in [0.717, 1.165) is 10.2 Å². The molecule has 3 rings (SSSR count). The Bertz CT molecular complexity index is 1090. The van der Waals surface area contributed by atoms with E-state index in [1.54, 1.807) is 38.3 Å². The van der Waals surface area contributed by atoms with E-state index in [9.17, 15) is 9.59 Å². The molecule has 146 valence electrons. The highest BCUT2D eigenvalue weighted by Gasteiger charge is 2.12. The zero-order valence-electron chi connectivity index (χ0n) is 15.5. The van der Waals surface area contributed by atoms with E-state index >= 15 is 0 Å². The first-order chi connectivity index (χ1) is 13.5. The van der Waals surface area contributed by atoms with E-state index in [1.165, 1.54) is 11.3 Å². The van der Waals surface area contributed by atoms with Crippen molar-refractivity contribution in [3.8, 4) is 5.75 Å². The summed E-state index contributed by atoms with van der Waals surface area (Å²) in [7, 11) is 1.59. The number of halogens is 1. The smallest absolute Gasteiger partial charge is 0.307 e. The second-order valence-corrected chi connectivity index (χ2v) is 7.30. The van der Waals surface area contributed by atoms with E-state index in [2.05, 4.69) is 4.99 Å². The molecule has 0 spiro atoms. The summed E-state index contributed by atoms with van der Waals surface area (Å²) in [6.07, 6.45) is 0.185. The minimum Gasteiger partial charge on any atom is -0.497 e. The summed E-state index contributed by atoms with van der Waals surface area (Å²) in [5, 5.41) is 0.470. The highest BCUT2D eigenvalue weighted by Crippen LogP contribution is 2.23. The van der Waals surface area contributed by atoms with E-state index in [0.29, 0.717) is 34.3 Å². The molecule has 3 aromatic rings. The van der Waals surface area contributed by atoms with Crippen LogP contribution in [0.1, 0.15) is 23.7 Å². The van der Waals surface area contributed by atoms with Gasteiger partial charge < -0.3 is 14.0 Å². The Morgan fingerprint density at radius 2 is 2.04 bits per heavy atom. The first-order valence-electron chi connectivity index (χ1n) is 8.69. The number of benzene rings is 2. The zero-order valence-corrected chi connectivity index (χ0v) is 17.0. The van der Waals surface area contributed by atoms with E-state index in [4.69, 9.17) is 21.1 Å². The number of nitrogens with zero attached hydrogens (tertiary/aromatic N) is 2. The predicted octanol–water partition coefficient (Wildman–Crippen LogP) is 4.06. The van der Waals surface area contributed by atoms with Crippen LogP contribution >= 0.6 is 22.9 Å². The van der Waals surface area contributed by atoms with Gasteiger partial charge in [-0.15, -0.1) is 0 Å². The molecule has 2 aromatic carbocycles. The van der Waals surface area contributed by atoms with Crippen molar-refractivity contribution in [1.29, 1.82) is 0 Å². The minimum absolute atomic E-state index is 0.185. The summed E-state index contributed by atoms with van der Waals surface area (Å²) >= 11 is 7.33. The van der Waals surface area contributed by atoms with Crippen LogP contribution < -0.4 is 9.54 Å². The van der Waals surface area contributed by atoms with Gasteiger partial charge in [0.25, 0.3) is 5.91 Å². The molecule has 0 saturated heterocycles. The van der Waals surface area contributed by atoms with Gasteiger partial charge in [0.05, 0.1) is 30.4 Å². The molecule has 1 heterocycles. The molecule has 0 unspecified atom stereocenters. The van der Waals surface area contributed by atoms with Gasteiger partial charge in [-0.25, -0.2) is 0 Å². The number of esters is 1. The molecule has 0 aliphatic carbocycles. The number of rotatable bonds is 6. The van der Waals surface area contributed by atoms with E-state index in [-0.39, 0.29) is 12.4 Å². The Kier molecular flexibility index (Phi) is 6.49. The van der Waals surface area contributed by atoms with Gasteiger partial charge >= 0.3 is 5.97 Å². The van der Waals surface area contributed by atoms with Crippen molar-refractivity contribution in [3.63, 3.8) is 0 Å². The Balaban J connectivity index is 2.04. The summed E-state index contributed by atoms with van der Waals surface area (Å²) in [5.74, 6) is 0.0138. The van der Waals surface area contributed by atoms with Crippen LogP contribution in [0.4, 0.5) is 0 Å². The van der Waals surface area contributed by atoms with Crippen LogP contribution in [0.15, 0.2) is 47.5 Å². The lowest BCUT2D eigenvalue weighted by atomic mass is 10.2. The second kappa shape index (κ2) is 9.03. The van der Waals surface area contributed by atoms with Gasteiger partial charge in [-0.3, -0.25) is 9.59 Å². The van der Waals surface area contributed by atoms with Crippen molar-refractivity contribution in [2.24, 2.45) is 4.99 Å². The molecular weight excluding hydrogens is 400 g/mol. The summed E-state index contributed by atoms with van der Waals surface area (Å²) in [5.41, 5.74) is 1.27. The third-order valence-electron chi connectivity index (χ3n) is 4.00. The fraction of sp³-hybridized carbons (Fsp3) is 0.250. The molecule has 0 radical (unpaired) electrons. The van der Waals surface area contributed by atoms with Gasteiger partial charge in [-0.05, 0) is 43.3 Å². The predicted molar refractivity (Wildman–Crippen MR) is 109 cm³/mol. The van der Waals surface area contributed by atoms with E-state index < -0.39 is 5.91 Å². The molecule has 28 heavy (non-hydrogen) atoms. The average Bonchev–Trinajstić information content (AvgIpc) is 3.02. The molecule has 0 aliphatic rings. The van der Waals surface area contributed by atoms with Gasteiger partial charge in [-0.1, -0.05) is 29.0 Å². The van der Waals surface area contributed by atoms with Crippen LogP contribution in [0.25, 0.3) is 10.2 Å². The van der Waals surface area contributed by atoms with Crippen molar-refractivity contribution in [2.75, 3.05) is 13.7 Å². The monoisotopic (exact) mass is 418 g/mol. The van der Waals surface area contributed by atoms with Gasteiger partial charge in [0.1, 0.15) is 5.75 Å². The number of hydrogen-bond donors (Lipinski definition) is 0. The molecule has 1 amide bonds. The largest absolute Gasteiger partial charge is 0.497 e. The normalized spacial score (nSPS) is 11.6. The molecule has 0 fully saturated rings. The minimum atomic E-state index is -0.397. The Labute approximate surface area is 171 Å². The summed E-state index contributed by atoms with van der Waals surface area (Å²) < 4.78 is 13.0. The Morgan fingerprint density at radius 1 is 1.21 bits per heavy atom. The molecular formula is C20H19ClN2O4S. The van der Waals surface area contributed by atoms with Gasteiger partial charge in [-0.2, -0.15) is 4.99 Å². The standard InChI is InChI=1S/C20H19ClN2O4S/c1-3-27-18(24)9-10-23-16-8-7-15(26-2)12-17(16)28-20(23)22-19(25)13-5-4-6-14(21)11-13/h4-8,11-12H,3,9-10H2,1-2H3. The number of ether oxygens (including phenoxy) is 2. The topological polar surface area (TPSA) is 69.9 Å². The number of carbonyl (C=O) groups excluding carboxylic acids is 2. The molecule has 0 aliphatic heterocycles. The molecule has 0 atom stereocenters. The van der Waals surface area contributed by atoms with Crippen molar-refractivity contribution in [2.45, 2.75) is 19.9 Å². The lowest BCUT2D eigenvalue weighted by Gasteiger charge is -2.06. The number of amides is 1. The van der Waals surface area contributed by atoms with Crippen molar-refractivity contribution in [1.82, 2.24) is 4.57 Å². The number of aryl methyl sites for hydroxylation is 1.